The number of fused-ring (bicyclic) bond motifs is 2. The van der Waals surface area contributed by atoms with Crippen LogP contribution in [0.25, 0.3) is 72.8 Å². The fraction of sp³-hybridized carbons (Fsp3) is 0.0926. The van der Waals surface area contributed by atoms with Crippen LogP contribution in [0.5, 0.6) is 0 Å². The molecule has 0 aromatic heterocycles. The van der Waals surface area contributed by atoms with Crippen LogP contribution in [0.4, 0.5) is 0 Å². The first-order chi connectivity index (χ1) is 26.8. The van der Waals surface area contributed by atoms with Crippen LogP contribution in [0.3, 0.4) is 0 Å². The van der Waals surface area contributed by atoms with Crippen LogP contribution < -0.4 is 10.4 Å². The van der Waals surface area contributed by atoms with Crippen molar-refractivity contribution in [3.63, 3.8) is 0 Å². The molecule has 0 nitrogen and oxygen atoms in total. The molecule has 0 spiro atoms. The third-order valence-electron chi connectivity index (χ3n) is 10.8. The van der Waals surface area contributed by atoms with Crippen molar-refractivity contribution in [3.8, 4) is 11.1 Å². The fourth-order valence-corrected chi connectivity index (χ4v) is 8.17. The number of benzene rings is 8. The van der Waals surface area contributed by atoms with Gasteiger partial charge in [0.1, 0.15) is 0 Å². The minimum absolute atomic E-state index is 1.14. The summed E-state index contributed by atoms with van der Waals surface area (Å²) in [7, 11) is 3.58. The summed E-state index contributed by atoms with van der Waals surface area (Å²) in [6, 6.07) is 53.7. The Balaban J connectivity index is 0.000000148. The molecule has 0 saturated heterocycles. The number of allylic oxidation sites excluding steroid dienone is 2. The molecule has 8 aromatic rings. The number of hydrogen-bond acceptors (Lipinski definition) is 0. The van der Waals surface area contributed by atoms with E-state index >= 15 is 0 Å². The summed E-state index contributed by atoms with van der Waals surface area (Å²) in [5.41, 5.74) is 14.3. The van der Waals surface area contributed by atoms with E-state index in [1.165, 1.54) is 92.8 Å². The van der Waals surface area contributed by atoms with Crippen molar-refractivity contribution in [1.82, 2.24) is 0 Å². The van der Waals surface area contributed by atoms with E-state index in [4.69, 9.17) is 0 Å². The molecule has 268 valence electrons. The first-order valence-electron chi connectivity index (χ1n) is 19.0. The highest BCUT2D eigenvalue weighted by Gasteiger charge is 2.20. The smallest absolute Gasteiger partial charge is 0.00263 e. The Labute approximate surface area is 328 Å². The Morgan fingerprint density at radius 3 is 1.84 bits per heavy atom. The highest BCUT2D eigenvalue weighted by Crippen LogP contribution is 2.43. The van der Waals surface area contributed by atoms with Crippen LogP contribution in [0.2, 0.25) is 0 Å². The first kappa shape index (κ1) is 37.3. The van der Waals surface area contributed by atoms with Gasteiger partial charge in [-0.1, -0.05) is 164 Å². The normalized spacial score (nSPS) is 12.4. The molecule has 0 heterocycles. The largest absolute Gasteiger partial charge is 0.122 e. The topological polar surface area (TPSA) is 0 Å². The molecule has 1 aliphatic carbocycles. The summed E-state index contributed by atoms with van der Waals surface area (Å²) < 4.78 is 0. The SMILES string of the molecule is C/C=c1\cccc\c1=C\C1=C(C)c2cccc3c(C)ccc1c23.C=Cc1cc2c(C)c3ccc(C)cc3c(-c3ccccc3)c2cc1C=P.c1ccccc1. The molecule has 0 unspecified atom stereocenters. The maximum absolute atomic E-state index is 3.99. The van der Waals surface area contributed by atoms with E-state index in [0.29, 0.717) is 0 Å². The van der Waals surface area contributed by atoms with Gasteiger partial charge in [0.05, 0.1) is 0 Å². The van der Waals surface area contributed by atoms with E-state index in [1.54, 1.807) is 0 Å². The maximum Gasteiger partial charge on any atom is -0.00263 e. The van der Waals surface area contributed by atoms with Gasteiger partial charge in [0, 0.05) is 0 Å². The van der Waals surface area contributed by atoms with Crippen molar-refractivity contribution in [2.75, 3.05) is 0 Å². The van der Waals surface area contributed by atoms with Crippen molar-refractivity contribution in [2.24, 2.45) is 0 Å². The minimum Gasteiger partial charge on any atom is -0.122 e. The number of aryl methyl sites for hydroxylation is 3. The first-order valence-corrected chi connectivity index (χ1v) is 19.6. The third-order valence-corrected chi connectivity index (χ3v) is 11.1. The number of hydrogen-bond donors (Lipinski definition) is 0. The molecule has 0 amide bonds. The van der Waals surface area contributed by atoms with Gasteiger partial charge in [-0.2, -0.15) is 0 Å². The van der Waals surface area contributed by atoms with Crippen LogP contribution in [0.1, 0.15) is 52.8 Å². The van der Waals surface area contributed by atoms with E-state index < -0.39 is 0 Å². The minimum atomic E-state index is 1.14. The zero-order chi connectivity index (χ0) is 38.5. The number of rotatable bonds is 4. The molecule has 0 atom stereocenters. The standard InChI is InChI=1S/C25H21P.C23H20.C6H6/c1-4-18-13-22-17(3)21-11-10-16(2)12-23(21)25(19-8-6-5-7-9-19)24(22)14-20(18)15-26;1-4-17-8-5-6-9-18(17)14-22-16(3)20-11-7-10-19-15(2)12-13-21(22)23(19)20;1-2-4-6-5-3-1/h4-15,26H,1H2,2-3H3;4-14H,1-3H3;1-6H/b;17-4+,18-14-;. The summed E-state index contributed by atoms with van der Waals surface area (Å²) in [6.45, 7) is 14.9. The second-order valence-corrected chi connectivity index (χ2v) is 14.5. The monoisotopic (exact) mass is 726 g/mol. The van der Waals surface area contributed by atoms with Gasteiger partial charge < -0.3 is 0 Å². The molecule has 9 rings (SSSR count). The van der Waals surface area contributed by atoms with Crippen molar-refractivity contribution < 1.29 is 0 Å². The van der Waals surface area contributed by atoms with Crippen molar-refractivity contribution in [3.05, 3.63) is 208 Å². The fourth-order valence-electron chi connectivity index (χ4n) is 7.92. The Morgan fingerprint density at radius 1 is 0.527 bits per heavy atom. The Kier molecular flexibility index (Phi) is 11.2. The van der Waals surface area contributed by atoms with Gasteiger partial charge in [-0.3, -0.25) is 0 Å². The van der Waals surface area contributed by atoms with Crippen LogP contribution in [-0.2, 0) is 0 Å². The van der Waals surface area contributed by atoms with Crippen LogP contribution in [-0.4, -0.2) is 5.80 Å². The van der Waals surface area contributed by atoms with Gasteiger partial charge in [0.2, 0.25) is 0 Å². The predicted molar refractivity (Wildman–Crippen MR) is 248 cm³/mol. The summed E-state index contributed by atoms with van der Waals surface area (Å²) in [5.74, 6) is 1.97. The van der Waals surface area contributed by atoms with E-state index in [0.717, 1.165) is 11.1 Å². The van der Waals surface area contributed by atoms with Crippen LogP contribution in [0, 0.1) is 20.8 Å². The van der Waals surface area contributed by atoms with Gasteiger partial charge in [-0.05, 0) is 157 Å². The molecule has 0 saturated carbocycles. The van der Waals surface area contributed by atoms with E-state index in [1.807, 2.05) is 48.3 Å². The van der Waals surface area contributed by atoms with Gasteiger partial charge in [-0.25, -0.2) is 0 Å². The molecule has 0 bridgehead atoms. The Bertz CT molecular complexity index is 2850. The Hall–Kier alpha value is -6.07. The van der Waals surface area contributed by atoms with Gasteiger partial charge in [0.25, 0.3) is 0 Å². The average molecular weight is 727 g/mol. The summed E-state index contributed by atoms with van der Waals surface area (Å²) in [4.78, 5) is 0. The highest BCUT2D eigenvalue weighted by atomic mass is 31.0. The summed E-state index contributed by atoms with van der Waals surface area (Å²) in [5, 5.41) is 10.5. The lowest BCUT2D eigenvalue weighted by molar-refractivity contribution is 1.49. The molecule has 0 aliphatic heterocycles. The van der Waals surface area contributed by atoms with Gasteiger partial charge in [-0.15, -0.1) is 8.86 Å². The lowest BCUT2D eigenvalue weighted by Gasteiger charge is -2.17. The van der Waals surface area contributed by atoms with Crippen LogP contribution >= 0.6 is 8.86 Å². The molecule has 0 N–H and O–H groups in total. The van der Waals surface area contributed by atoms with Crippen molar-refractivity contribution in [1.29, 1.82) is 0 Å². The molecular weight excluding hydrogens is 680 g/mol. The third kappa shape index (κ3) is 7.40. The molecule has 1 heteroatoms. The van der Waals surface area contributed by atoms with Crippen molar-refractivity contribution >= 4 is 76.4 Å². The van der Waals surface area contributed by atoms with Crippen LogP contribution in [0.15, 0.2) is 158 Å². The summed E-state index contributed by atoms with van der Waals surface area (Å²) in [6.07, 6.45) is 6.44. The second kappa shape index (κ2) is 16.5. The average Bonchev–Trinajstić information content (AvgIpc) is 3.50. The Morgan fingerprint density at radius 2 is 1.16 bits per heavy atom. The van der Waals surface area contributed by atoms with Gasteiger partial charge >= 0.3 is 0 Å². The maximum atomic E-state index is 3.99. The van der Waals surface area contributed by atoms with E-state index in [2.05, 4.69) is 177 Å². The van der Waals surface area contributed by atoms with Crippen molar-refractivity contribution in [2.45, 2.75) is 34.6 Å². The van der Waals surface area contributed by atoms with Gasteiger partial charge in [0.15, 0.2) is 0 Å². The van der Waals surface area contributed by atoms with E-state index in [-0.39, 0.29) is 0 Å². The summed E-state index contributed by atoms with van der Waals surface area (Å²) >= 11 is 0. The predicted octanol–water partition coefficient (Wildman–Crippen LogP) is 13.6. The molecule has 55 heavy (non-hydrogen) atoms. The molecule has 8 aromatic carbocycles. The molecular formula is C54H47P. The quantitative estimate of drug-likeness (QED) is 0.125. The zero-order valence-corrected chi connectivity index (χ0v) is 33.5. The molecule has 0 radical (unpaired) electrons. The zero-order valence-electron chi connectivity index (χ0n) is 32.5. The molecule has 0 fully saturated rings. The lowest BCUT2D eigenvalue weighted by Crippen LogP contribution is -2.23. The lowest BCUT2D eigenvalue weighted by atomic mass is 9.86. The van der Waals surface area contributed by atoms with E-state index in [9.17, 15) is 0 Å². The molecule has 1 aliphatic rings. The highest BCUT2D eigenvalue weighted by molar-refractivity contribution is 7.19. The second-order valence-electron chi connectivity index (χ2n) is 14.2.